The first kappa shape index (κ1) is 95.9. The number of hydrogen-bond donors (Lipinski definition) is 0. The number of oxazole rings is 1. The topological polar surface area (TPSA) is 154 Å². The maximum Gasteiger partial charge on any atom is 2.00 e. The molecule has 15 aromatic rings. The molecule has 0 bridgehead atoms. The Morgan fingerprint density at radius 3 is 1.28 bits per heavy atom. The third-order valence-electron chi connectivity index (χ3n) is 11.7. The Labute approximate surface area is 707 Å². The second-order valence-corrected chi connectivity index (χ2v) is 18.4. The molecule has 15 nitrogen and oxygen atoms in total. The summed E-state index contributed by atoms with van der Waals surface area (Å²) in [4.78, 5) is 14.6. The average Bonchev–Trinajstić information content (AvgIpc) is 1.69. The molecular weight excluding hydrogens is 1550 g/mol. The Hall–Kier alpha value is -4.27. The number of imidazole rings is 1. The minimum absolute atomic E-state index is 0. The fourth-order valence-electron chi connectivity index (χ4n) is 7.47. The van der Waals surface area contributed by atoms with Crippen molar-refractivity contribution >= 4 is 123 Å². The fourth-order valence-corrected chi connectivity index (χ4v) is 8.43. The summed E-state index contributed by atoms with van der Waals surface area (Å²) in [5, 5.41) is 24.6. The zero-order valence-corrected chi connectivity index (χ0v) is 68.9. The molecule has 0 saturated heterocycles. The summed E-state index contributed by atoms with van der Waals surface area (Å²) in [6.07, 6.45) is 17.2. The van der Waals surface area contributed by atoms with E-state index in [0.717, 1.165) is 78.8 Å². The zero-order chi connectivity index (χ0) is 59.8. The zero-order valence-electron chi connectivity index (χ0n) is 53.4. The van der Waals surface area contributed by atoms with Crippen LogP contribution in [0.1, 0.15) is 11.4 Å². The first-order valence-corrected chi connectivity index (χ1v) is 31.2. The standard InChI is InChI=1S/C13H8NS.C12H13N2.2C9H7N2.C9H6NO.2C8H6N3.BrH.3ClH.HI.2Li.4Mg.Zn/c1-2-6-10(7-3-1)13-14-11-8-4-5-9-12(11)15-13;1-9-10(2)14(3)12(13-9)11-7-5-4-6-8-11;2*1-2-5-9(6-3-1)11-8-4-7-10-11;1-2-4-8(5-3-1)9-10-6-7-11-9;1-2-4-8(5-3-1)11-7-6-9-10-11;1-2-4-8(5-3-1)11-9-6-7-10-11;;;;;;;;;;;;/h1-6,8-9H;4-7H,1-3H3;2*1-5,7-8H;3*1-4,6-7H;5*1H;;;;;;;/q7*-1;;;;;;2*+1;5*+2/p-5. The number of aryl methyl sites for hydroxylation is 1. The molecule has 0 unspecified atom stereocenters. The quantitative estimate of drug-likeness (QED) is 0.0863. The summed E-state index contributed by atoms with van der Waals surface area (Å²) >= 11 is 2.56. The summed E-state index contributed by atoms with van der Waals surface area (Å²) in [7, 11) is 6.80. The van der Waals surface area contributed by atoms with E-state index in [-0.39, 0.29) is 196 Å². The molecule has 96 heavy (non-hydrogen) atoms. The normalized spacial score (nSPS) is 8.90. The van der Waals surface area contributed by atoms with Gasteiger partial charge < -0.3 is 74.8 Å². The van der Waals surface area contributed by atoms with Crippen molar-refractivity contribution in [2.75, 3.05) is 0 Å². The number of thiazole rings is 1. The minimum atomic E-state index is 0. The molecule has 0 aliphatic carbocycles. The number of aromatic nitrogens is 14. The number of benzene rings is 8. The van der Waals surface area contributed by atoms with E-state index in [0.29, 0.717) is 5.89 Å². The average molecular weight is 1600 g/mol. The van der Waals surface area contributed by atoms with Gasteiger partial charge in [-0.2, -0.15) is 134 Å². The third-order valence-corrected chi connectivity index (χ3v) is 12.8. The number of halogens is 5. The van der Waals surface area contributed by atoms with E-state index in [1.54, 1.807) is 75.0 Å². The molecule has 0 fully saturated rings. The van der Waals surface area contributed by atoms with Crippen LogP contribution in [0.2, 0.25) is 0 Å². The van der Waals surface area contributed by atoms with Crippen LogP contribution < -0.4 is 103 Å². The number of fused-ring (bicyclic) bond motifs is 1. The smallest absolute Gasteiger partial charge is 1.00 e. The summed E-state index contributed by atoms with van der Waals surface area (Å²) in [6.45, 7) is 4.11. The molecule has 454 valence electrons. The molecule has 0 aliphatic heterocycles. The van der Waals surface area contributed by atoms with Crippen molar-refractivity contribution in [1.29, 1.82) is 0 Å². The van der Waals surface area contributed by atoms with Crippen molar-refractivity contribution in [3.8, 4) is 56.2 Å². The van der Waals surface area contributed by atoms with E-state index >= 15 is 0 Å². The van der Waals surface area contributed by atoms with Gasteiger partial charge in [-0.1, -0.05) is 22.9 Å². The van der Waals surface area contributed by atoms with Crippen LogP contribution in [0.3, 0.4) is 0 Å². The molecule has 0 N–H and O–H groups in total. The molecule has 7 aromatic heterocycles. The van der Waals surface area contributed by atoms with Crippen LogP contribution in [0, 0.1) is 56.3 Å². The van der Waals surface area contributed by atoms with Crippen molar-refractivity contribution in [2.45, 2.75) is 13.8 Å². The number of rotatable bonds is 7. The van der Waals surface area contributed by atoms with Crippen molar-refractivity contribution in [3.63, 3.8) is 0 Å². The van der Waals surface area contributed by atoms with Crippen molar-refractivity contribution in [3.05, 3.63) is 322 Å². The molecule has 0 atom stereocenters. The molecule has 0 saturated carbocycles. The van der Waals surface area contributed by atoms with E-state index in [2.05, 4.69) is 106 Å². The van der Waals surface area contributed by atoms with Crippen LogP contribution in [-0.4, -0.2) is 161 Å². The number of para-hydroxylation sites is 5. The Morgan fingerprint density at radius 2 is 0.896 bits per heavy atom. The maximum atomic E-state index is 5.08. The largest absolute Gasteiger partial charge is 2.00 e. The fraction of sp³-hybridized carbons (Fsp3) is 0.0441. The molecule has 8 aromatic carbocycles. The van der Waals surface area contributed by atoms with Gasteiger partial charge in [0.25, 0.3) is 0 Å². The van der Waals surface area contributed by atoms with Gasteiger partial charge in [-0.15, -0.1) is 131 Å². The predicted octanol–water partition coefficient (Wildman–Crippen LogP) is -4.92. The SMILES string of the molecule is Cc1nc(-c2[c-]cccc2)n(C)c1C.[Br-].[Cl-].[Cl-].[Cl][Zn+].[I-].[Li+].[Li+].[Mg+2].[Mg+2].[Mg+2].[Mg+2].[c-]1ccccc1-c1nc2ccccc2s1.[c-]1ccccc1-c1ncco1.[c-]1ccccc1-n1cccn1.[c-]1ccccc1-n1cccn1.[c-]1ccccc1-n1ccnn1.[c-]1ccccc1-n1nccn1. The number of hydrogen-bond acceptors (Lipinski definition) is 11. The van der Waals surface area contributed by atoms with E-state index in [1.807, 2.05) is 227 Å². The molecule has 0 spiro atoms. The Morgan fingerprint density at radius 1 is 0.458 bits per heavy atom. The van der Waals surface area contributed by atoms with Gasteiger partial charge in [0.05, 0.1) is 42.4 Å². The van der Waals surface area contributed by atoms with Crippen LogP contribution >= 0.6 is 21.0 Å². The molecule has 0 aliphatic rings. The van der Waals surface area contributed by atoms with E-state index in [9.17, 15) is 0 Å². The minimum Gasteiger partial charge on any atom is -1.00 e. The second kappa shape index (κ2) is 55.5. The third kappa shape index (κ3) is 31.5. The number of nitrogens with zero attached hydrogens (tertiary/aromatic N) is 14. The van der Waals surface area contributed by atoms with Crippen molar-refractivity contribution in [2.24, 2.45) is 7.05 Å². The summed E-state index contributed by atoms with van der Waals surface area (Å²) < 4.78 is 13.6. The first-order chi connectivity index (χ1) is 42.5. The molecular formula is C68H53BrCl3ILi2Mg4N14OSZn. The van der Waals surface area contributed by atoms with Crippen LogP contribution in [0.15, 0.2) is 273 Å². The van der Waals surface area contributed by atoms with Crippen LogP contribution in [0.25, 0.3) is 66.4 Å². The van der Waals surface area contributed by atoms with Crippen molar-refractivity contribution in [1.82, 2.24) is 69.1 Å². The maximum absolute atomic E-state index is 5.08. The van der Waals surface area contributed by atoms with Crippen LogP contribution in [0.5, 0.6) is 0 Å². The monoisotopic (exact) mass is 1600 g/mol. The Bertz CT molecular complexity index is 3750. The van der Waals surface area contributed by atoms with Crippen LogP contribution in [-0.2, 0) is 24.4 Å². The van der Waals surface area contributed by atoms with Gasteiger partial charge in [0.15, 0.2) is 0 Å². The predicted molar refractivity (Wildman–Crippen MR) is 356 cm³/mol. The Kier molecular flexibility index (Phi) is 55.5. The second-order valence-electron chi connectivity index (χ2n) is 17.4. The van der Waals surface area contributed by atoms with Gasteiger partial charge in [0, 0.05) is 59.1 Å². The van der Waals surface area contributed by atoms with E-state index in [4.69, 9.17) is 14.1 Å². The van der Waals surface area contributed by atoms with E-state index < -0.39 is 0 Å². The van der Waals surface area contributed by atoms with Gasteiger partial charge in [-0.3, -0.25) is 24.3 Å². The van der Waals surface area contributed by atoms with E-state index in [1.165, 1.54) is 15.2 Å². The van der Waals surface area contributed by atoms with Gasteiger partial charge in [0.1, 0.15) is 5.89 Å². The van der Waals surface area contributed by atoms with Gasteiger partial charge >= 0.3 is 157 Å². The molecule has 28 heteroatoms. The molecule has 0 amide bonds. The summed E-state index contributed by atoms with van der Waals surface area (Å²) in [6, 6.07) is 87.6. The van der Waals surface area contributed by atoms with Gasteiger partial charge in [-0.25, -0.2) is 4.68 Å². The molecule has 7 heterocycles. The summed E-state index contributed by atoms with van der Waals surface area (Å²) in [5.41, 5.74) is 10.1. The Balaban J connectivity index is -0.00000103. The van der Waals surface area contributed by atoms with Crippen LogP contribution in [0.4, 0.5) is 0 Å². The summed E-state index contributed by atoms with van der Waals surface area (Å²) in [5.74, 6) is 1.60. The molecule has 0 radical (unpaired) electrons. The van der Waals surface area contributed by atoms with Gasteiger partial charge in [0.2, 0.25) is 0 Å². The van der Waals surface area contributed by atoms with Crippen molar-refractivity contribution < 1.29 is 125 Å². The molecule has 15 rings (SSSR count). The first-order valence-electron chi connectivity index (χ1n) is 26.5. The van der Waals surface area contributed by atoms with Gasteiger partial charge in [-0.05, 0) is 60.9 Å².